The van der Waals surface area contributed by atoms with Crippen molar-refractivity contribution in [2.24, 2.45) is 0 Å². The highest BCUT2D eigenvalue weighted by molar-refractivity contribution is 7.90. The zero-order valence-corrected chi connectivity index (χ0v) is 26.1. The van der Waals surface area contributed by atoms with Crippen molar-refractivity contribution in [2.45, 2.75) is 103 Å². The van der Waals surface area contributed by atoms with Gasteiger partial charge in [-0.1, -0.05) is 31.0 Å². The quantitative estimate of drug-likeness (QED) is 0.289. The number of pyridine rings is 1. The van der Waals surface area contributed by atoms with Crippen molar-refractivity contribution in [1.82, 2.24) is 14.3 Å². The van der Waals surface area contributed by atoms with Crippen LogP contribution in [-0.2, 0) is 25.9 Å². The summed E-state index contributed by atoms with van der Waals surface area (Å²) in [5, 5.41) is 7.04. The molecule has 0 spiro atoms. The van der Waals surface area contributed by atoms with Gasteiger partial charge in [0.25, 0.3) is 10.0 Å². The highest BCUT2D eigenvalue weighted by atomic mass is 32.2. The molecule has 2 N–H and O–H groups in total. The molecule has 0 unspecified atom stereocenters. The molecule has 0 atom stereocenters. The number of carbonyl (C=O) groups is 2. The van der Waals surface area contributed by atoms with Crippen molar-refractivity contribution in [2.75, 3.05) is 11.9 Å². The Morgan fingerprint density at radius 2 is 1.69 bits per heavy atom. The lowest BCUT2D eigenvalue weighted by Gasteiger charge is -2.31. The third-order valence-corrected chi connectivity index (χ3v) is 8.97. The maximum absolute atomic E-state index is 13.9. The van der Waals surface area contributed by atoms with Crippen LogP contribution in [0.3, 0.4) is 0 Å². The van der Waals surface area contributed by atoms with Crippen LogP contribution in [0.1, 0.15) is 88.3 Å². The van der Waals surface area contributed by atoms with Gasteiger partial charge < -0.3 is 20.1 Å². The van der Waals surface area contributed by atoms with Crippen molar-refractivity contribution < 1.29 is 27.5 Å². The summed E-state index contributed by atoms with van der Waals surface area (Å²) in [5.74, 6) is -0.527. The molecule has 1 saturated carbocycles. The van der Waals surface area contributed by atoms with Gasteiger partial charge in [-0.2, -0.15) is 0 Å². The van der Waals surface area contributed by atoms with E-state index in [1.54, 1.807) is 31.2 Å². The Bertz CT molecular complexity index is 1530. The van der Waals surface area contributed by atoms with Gasteiger partial charge in [0.15, 0.2) is 5.65 Å². The number of aromatic nitrogens is 2. The van der Waals surface area contributed by atoms with E-state index >= 15 is 0 Å². The van der Waals surface area contributed by atoms with E-state index in [4.69, 9.17) is 9.47 Å². The molecule has 2 heterocycles. The van der Waals surface area contributed by atoms with Gasteiger partial charge in [-0.25, -0.2) is 27.0 Å². The van der Waals surface area contributed by atoms with Gasteiger partial charge in [0.1, 0.15) is 11.2 Å². The van der Waals surface area contributed by atoms with Crippen LogP contribution in [-0.4, -0.2) is 53.7 Å². The number of anilines is 1. The number of nitrogens with one attached hydrogen (secondary N) is 2. The second-order valence-corrected chi connectivity index (χ2v) is 13.6. The minimum Gasteiger partial charge on any atom is -0.462 e. The first-order chi connectivity index (χ1) is 19.8. The number of amides is 1. The van der Waals surface area contributed by atoms with Crippen molar-refractivity contribution in [3.8, 4) is 0 Å². The molecule has 228 valence electrons. The maximum atomic E-state index is 13.9. The number of fused-ring (bicyclic) bond motifs is 1. The molecule has 1 aromatic carbocycles. The average Bonchev–Trinajstić information content (AvgIpc) is 3.29. The van der Waals surface area contributed by atoms with Crippen LogP contribution < -0.4 is 10.6 Å². The number of nitrogens with zero attached hydrogens (tertiary/aromatic N) is 2. The van der Waals surface area contributed by atoms with Gasteiger partial charge in [0.2, 0.25) is 0 Å². The molecule has 0 bridgehead atoms. The van der Waals surface area contributed by atoms with Crippen LogP contribution in [0.5, 0.6) is 0 Å². The molecule has 0 aliphatic heterocycles. The summed E-state index contributed by atoms with van der Waals surface area (Å²) in [5.41, 5.74) is 2.01. The Kier molecular flexibility index (Phi) is 9.50. The van der Waals surface area contributed by atoms with Gasteiger partial charge in [-0.15, -0.1) is 0 Å². The van der Waals surface area contributed by atoms with Crippen LogP contribution in [0.4, 0.5) is 10.5 Å². The predicted molar refractivity (Wildman–Crippen MR) is 162 cm³/mol. The molecule has 0 radical (unpaired) electrons. The first-order valence-electron chi connectivity index (χ1n) is 14.6. The van der Waals surface area contributed by atoms with Gasteiger partial charge in [-0.05, 0) is 84.9 Å². The third kappa shape index (κ3) is 7.06. The molecule has 1 fully saturated rings. The summed E-state index contributed by atoms with van der Waals surface area (Å²) in [7, 11) is -3.96. The largest absolute Gasteiger partial charge is 0.462 e. The fourth-order valence-corrected chi connectivity index (χ4v) is 6.79. The summed E-state index contributed by atoms with van der Waals surface area (Å²) in [6.45, 7) is 11.3. The van der Waals surface area contributed by atoms with Crippen LogP contribution >= 0.6 is 0 Å². The van der Waals surface area contributed by atoms with Crippen LogP contribution in [0.25, 0.3) is 11.0 Å². The van der Waals surface area contributed by atoms with E-state index in [1.807, 2.05) is 40.7 Å². The number of carbonyl (C=O) groups excluding carboxylic acids is 2. The predicted octanol–water partition coefficient (Wildman–Crippen LogP) is 5.96. The lowest BCUT2D eigenvalue weighted by Crippen LogP contribution is -2.42. The number of alkyl carbamates (subject to hydrolysis) is 1. The summed E-state index contributed by atoms with van der Waals surface area (Å²) >= 11 is 0. The van der Waals surface area contributed by atoms with E-state index < -0.39 is 27.7 Å². The SMILES string of the molecule is CCCc1cc2c(N[C@H]3CC[C@H](NC(=O)OC(C)(C)C)CC3)c(C(=O)OCC)cnc2n1S(=O)(=O)c1ccc(C)cc1. The fraction of sp³-hybridized carbons (Fsp3) is 0.516. The van der Waals surface area contributed by atoms with Crippen LogP contribution in [0.15, 0.2) is 41.4 Å². The lowest BCUT2D eigenvalue weighted by molar-refractivity contribution is 0.0488. The molecule has 42 heavy (non-hydrogen) atoms. The van der Waals surface area contributed by atoms with Crippen molar-refractivity contribution in [3.05, 3.63) is 53.3 Å². The topological polar surface area (TPSA) is 129 Å². The number of aryl methyl sites for hydroxylation is 2. The molecule has 2 aromatic heterocycles. The van der Waals surface area contributed by atoms with Crippen molar-refractivity contribution in [3.63, 3.8) is 0 Å². The monoisotopic (exact) mass is 598 g/mol. The number of esters is 1. The van der Waals surface area contributed by atoms with E-state index in [2.05, 4.69) is 15.6 Å². The lowest BCUT2D eigenvalue weighted by atomic mass is 9.91. The zero-order chi connectivity index (χ0) is 30.7. The summed E-state index contributed by atoms with van der Waals surface area (Å²) in [4.78, 5) is 29.9. The maximum Gasteiger partial charge on any atom is 0.407 e. The minimum atomic E-state index is -3.96. The van der Waals surface area contributed by atoms with Crippen LogP contribution in [0.2, 0.25) is 0 Å². The molecular formula is C31H42N4O6S. The summed E-state index contributed by atoms with van der Waals surface area (Å²) in [6.07, 6.45) is 5.12. The average molecular weight is 599 g/mol. The summed E-state index contributed by atoms with van der Waals surface area (Å²) < 4.78 is 39.9. The molecule has 1 amide bonds. The fourth-order valence-electron chi connectivity index (χ4n) is 5.27. The molecule has 1 aliphatic rings. The normalized spacial score (nSPS) is 17.6. The van der Waals surface area contributed by atoms with Crippen LogP contribution in [0, 0.1) is 6.92 Å². The highest BCUT2D eigenvalue weighted by Gasteiger charge is 2.30. The number of benzene rings is 1. The smallest absolute Gasteiger partial charge is 0.407 e. The number of ether oxygens (including phenoxy) is 2. The van der Waals surface area contributed by atoms with Gasteiger partial charge >= 0.3 is 12.1 Å². The van der Waals surface area contributed by atoms with Gasteiger partial charge in [-0.3, -0.25) is 0 Å². The molecular weight excluding hydrogens is 556 g/mol. The summed E-state index contributed by atoms with van der Waals surface area (Å²) in [6, 6.07) is 8.53. The Morgan fingerprint density at radius 1 is 1.05 bits per heavy atom. The highest BCUT2D eigenvalue weighted by Crippen LogP contribution is 2.35. The number of hydrogen-bond acceptors (Lipinski definition) is 8. The van der Waals surface area contributed by atoms with Crippen molar-refractivity contribution in [1.29, 1.82) is 0 Å². The van der Waals surface area contributed by atoms with Crippen molar-refractivity contribution >= 4 is 38.8 Å². The van der Waals surface area contributed by atoms with E-state index in [-0.39, 0.29) is 34.8 Å². The zero-order valence-electron chi connectivity index (χ0n) is 25.3. The third-order valence-electron chi connectivity index (χ3n) is 7.22. The molecule has 1 aliphatic carbocycles. The number of hydrogen-bond donors (Lipinski definition) is 2. The standard InChI is InChI=1S/C31H42N4O6S/c1-7-9-23-18-25-27(33-21-12-14-22(15-13-21)34-30(37)41-31(4,5)6)26(29(36)40-8-2)19-32-28(25)35(23)42(38,39)24-16-10-20(3)11-17-24/h10-11,16-19,21-22H,7-9,12-15H2,1-6H3,(H,32,33)(H,34,37)/t21-,22-. The Hall–Kier alpha value is -3.60. The number of rotatable bonds is 9. The second-order valence-electron chi connectivity index (χ2n) is 11.8. The van der Waals surface area contributed by atoms with E-state index in [0.717, 1.165) is 37.7 Å². The molecule has 11 heteroatoms. The van der Waals surface area contributed by atoms with E-state index in [0.29, 0.717) is 23.2 Å². The van der Waals surface area contributed by atoms with E-state index in [9.17, 15) is 18.0 Å². The Morgan fingerprint density at radius 3 is 2.29 bits per heavy atom. The second kappa shape index (κ2) is 12.7. The molecule has 10 nitrogen and oxygen atoms in total. The molecule has 0 saturated heterocycles. The van der Waals surface area contributed by atoms with E-state index in [1.165, 1.54) is 10.2 Å². The first-order valence-corrected chi connectivity index (χ1v) is 16.1. The van der Waals surface area contributed by atoms with Gasteiger partial charge in [0, 0.05) is 29.4 Å². The molecule has 3 aromatic rings. The minimum absolute atomic E-state index is 0.00727. The molecule has 4 rings (SSSR count). The Balaban J connectivity index is 1.70. The Labute approximate surface area is 248 Å². The van der Waals surface area contributed by atoms with Gasteiger partial charge in [0.05, 0.1) is 17.2 Å². The first kappa shape index (κ1) is 31.3.